The lowest BCUT2D eigenvalue weighted by Gasteiger charge is -2.29. The summed E-state index contributed by atoms with van der Waals surface area (Å²) in [4.78, 5) is 16.9. The Morgan fingerprint density at radius 2 is 2.00 bits per heavy atom. The van der Waals surface area contributed by atoms with E-state index in [9.17, 15) is 18.0 Å². The molecule has 0 radical (unpaired) electrons. The number of halogens is 3. The Morgan fingerprint density at radius 3 is 2.53 bits per heavy atom. The quantitative estimate of drug-likeness (QED) is 0.588. The van der Waals surface area contributed by atoms with Crippen LogP contribution in [0.5, 0.6) is 0 Å². The summed E-state index contributed by atoms with van der Waals surface area (Å²) in [7, 11) is 0. The van der Waals surface area contributed by atoms with Gasteiger partial charge in [0.1, 0.15) is 12.4 Å². The Balaban J connectivity index is 2.43. The smallest absolute Gasteiger partial charge is 0.435 e. The number of nitrogens with zero attached hydrogens (tertiary/aromatic N) is 2. The van der Waals surface area contributed by atoms with Crippen LogP contribution in [0.15, 0.2) is 4.99 Å². The minimum absolute atomic E-state index is 0.508. The van der Waals surface area contributed by atoms with Crippen molar-refractivity contribution in [1.29, 1.82) is 0 Å². The van der Waals surface area contributed by atoms with E-state index in [1.807, 2.05) is 11.8 Å². The minimum atomic E-state index is -4.33. The van der Waals surface area contributed by atoms with Gasteiger partial charge in [-0.05, 0) is 0 Å². The van der Waals surface area contributed by atoms with Crippen LogP contribution in [0.4, 0.5) is 18.0 Å². The number of amidine groups is 1. The van der Waals surface area contributed by atoms with Gasteiger partial charge < -0.3 is 14.4 Å². The van der Waals surface area contributed by atoms with Crippen molar-refractivity contribution in [1.82, 2.24) is 4.90 Å². The van der Waals surface area contributed by atoms with Crippen molar-refractivity contribution in [2.45, 2.75) is 25.9 Å². The average molecular weight is 282 g/mol. The highest BCUT2D eigenvalue weighted by atomic mass is 19.4. The van der Waals surface area contributed by atoms with E-state index in [0.717, 1.165) is 0 Å². The first-order valence-corrected chi connectivity index (χ1v) is 6.06. The molecule has 110 valence electrons. The van der Waals surface area contributed by atoms with Crippen molar-refractivity contribution >= 4 is 11.9 Å². The Morgan fingerprint density at radius 1 is 1.37 bits per heavy atom. The zero-order chi connectivity index (χ0) is 14.3. The molecule has 0 aromatic heterocycles. The molecule has 1 fully saturated rings. The highest BCUT2D eigenvalue weighted by Crippen LogP contribution is 2.19. The van der Waals surface area contributed by atoms with Gasteiger partial charge in [0, 0.05) is 19.5 Å². The summed E-state index contributed by atoms with van der Waals surface area (Å²) in [5, 5.41) is 0. The van der Waals surface area contributed by atoms with Crippen molar-refractivity contribution < 1.29 is 27.4 Å². The van der Waals surface area contributed by atoms with Gasteiger partial charge >= 0.3 is 12.3 Å². The van der Waals surface area contributed by atoms with Gasteiger partial charge in [0.2, 0.25) is 0 Å². The molecule has 1 amide bonds. The number of ether oxygens (including phenoxy) is 2. The Hall–Kier alpha value is -1.31. The van der Waals surface area contributed by atoms with Gasteiger partial charge in [0.05, 0.1) is 19.6 Å². The van der Waals surface area contributed by atoms with Crippen LogP contribution in [-0.2, 0) is 9.47 Å². The highest BCUT2D eigenvalue weighted by molar-refractivity contribution is 5.91. The molecule has 0 saturated carbocycles. The fraction of sp³-hybridized carbons (Fsp3) is 0.818. The highest BCUT2D eigenvalue weighted by Gasteiger charge is 2.27. The molecule has 19 heavy (non-hydrogen) atoms. The first-order chi connectivity index (χ1) is 8.92. The molecule has 0 spiro atoms. The first-order valence-electron chi connectivity index (χ1n) is 6.06. The topological polar surface area (TPSA) is 51.1 Å². The van der Waals surface area contributed by atoms with Crippen LogP contribution in [0.3, 0.4) is 0 Å². The largest absolute Gasteiger partial charge is 0.448 e. The van der Waals surface area contributed by atoms with Crippen LogP contribution in [0.1, 0.15) is 19.8 Å². The molecule has 0 aromatic carbocycles. The molecule has 8 heteroatoms. The molecule has 1 aliphatic heterocycles. The van der Waals surface area contributed by atoms with E-state index in [0.29, 0.717) is 38.6 Å². The number of amides is 1. The normalized spacial score (nSPS) is 17.5. The molecule has 0 unspecified atom stereocenters. The summed E-state index contributed by atoms with van der Waals surface area (Å²) in [6.07, 6.45) is -5.96. The zero-order valence-electron chi connectivity index (χ0n) is 10.7. The summed E-state index contributed by atoms with van der Waals surface area (Å²) in [6.45, 7) is 3.43. The van der Waals surface area contributed by atoms with Crippen LogP contribution in [0.2, 0.25) is 0 Å². The van der Waals surface area contributed by atoms with Crippen LogP contribution < -0.4 is 0 Å². The molecule has 0 N–H and O–H groups in total. The number of morpholine rings is 1. The summed E-state index contributed by atoms with van der Waals surface area (Å²) < 4.78 is 45.2. The van der Waals surface area contributed by atoms with E-state index in [4.69, 9.17) is 4.74 Å². The summed E-state index contributed by atoms with van der Waals surface area (Å²) >= 11 is 0. The Labute approximate surface area is 109 Å². The number of rotatable bonds is 3. The molecule has 0 aliphatic carbocycles. The lowest BCUT2D eigenvalue weighted by Crippen LogP contribution is -2.40. The third-order valence-corrected chi connectivity index (χ3v) is 2.52. The van der Waals surface area contributed by atoms with Crippen LogP contribution in [-0.4, -0.2) is 55.9 Å². The van der Waals surface area contributed by atoms with Gasteiger partial charge in [0.25, 0.3) is 0 Å². The summed E-state index contributed by atoms with van der Waals surface area (Å²) in [5.74, 6) is 0.514. The molecule has 0 bridgehead atoms. The maximum Gasteiger partial charge on any atom is 0.435 e. The Kier molecular flexibility index (Phi) is 6.07. The van der Waals surface area contributed by atoms with E-state index < -0.39 is 25.3 Å². The van der Waals surface area contributed by atoms with Crippen LogP contribution in [0, 0.1) is 0 Å². The molecule has 0 atom stereocenters. The fourth-order valence-electron chi connectivity index (χ4n) is 1.59. The number of carbonyl (C=O) groups excluding carboxylic acids is 1. The number of aliphatic imine (C=N–C) groups is 1. The second-order valence-corrected chi connectivity index (χ2v) is 3.96. The van der Waals surface area contributed by atoms with Gasteiger partial charge in [-0.1, -0.05) is 6.92 Å². The van der Waals surface area contributed by atoms with E-state index in [1.54, 1.807) is 0 Å². The van der Waals surface area contributed by atoms with Crippen LogP contribution >= 0.6 is 0 Å². The van der Waals surface area contributed by atoms with Crippen molar-refractivity contribution in [2.24, 2.45) is 4.99 Å². The van der Waals surface area contributed by atoms with E-state index in [-0.39, 0.29) is 0 Å². The average Bonchev–Trinajstić information content (AvgIpc) is 2.35. The number of alkyl halides is 3. The molecule has 1 heterocycles. The SMILES string of the molecule is CCC(=NC(=O)OCCC(F)(F)F)N1CCOCC1. The molecule has 1 saturated heterocycles. The van der Waals surface area contributed by atoms with E-state index in [1.165, 1.54) is 0 Å². The minimum Gasteiger partial charge on any atom is -0.448 e. The van der Waals surface area contributed by atoms with Gasteiger partial charge in [-0.3, -0.25) is 0 Å². The fourth-order valence-corrected chi connectivity index (χ4v) is 1.59. The Bertz CT molecular complexity index is 326. The second-order valence-electron chi connectivity index (χ2n) is 3.96. The summed E-state index contributed by atoms with van der Waals surface area (Å²) in [6, 6.07) is 0. The zero-order valence-corrected chi connectivity index (χ0v) is 10.7. The maximum absolute atomic E-state index is 11.9. The lowest BCUT2D eigenvalue weighted by atomic mass is 10.3. The van der Waals surface area contributed by atoms with E-state index >= 15 is 0 Å². The van der Waals surface area contributed by atoms with E-state index in [2.05, 4.69) is 9.73 Å². The van der Waals surface area contributed by atoms with Crippen molar-refractivity contribution in [3.63, 3.8) is 0 Å². The summed E-state index contributed by atoms with van der Waals surface area (Å²) in [5.41, 5.74) is 0. The predicted molar refractivity (Wildman–Crippen MR) is 62.1 cm³/mol. The molecular formula is C11H17F3N2O3. The number of hydrogen-bond acceptors (Lipinski definition) is 3. The first kappa shape index (κ1) is 15.7. The van der Waals surface area contributed by atoms with Gasteiger partial charge in [-0.15, -0.1) is 0 Å². The molecular weight excluding hydrogens is 265 g/mol. The van der Waals surface area contributed by atoms with Gasteiger partial charge in [-0.2, -0.15) is 18.2 Å². The molecule has 1 aliphatic rings. The van der Waals surface area contributed by atoms with Crippen molar-refractivity contribution in [3.8, 4) is 0 Å². The molecule has 0 aromatic rings. The third kappa shape index (κ3) is 6.42. The van der Waals surface area contributed by atoms with Crippen molar-refractivity contribution in [3.05, 3.63) is 0 Å². The van der Waals surface area contributed by atoms with Crippen LogP contribution in [0.25, 0.3) is 0 Å². The lowest BCUT2D eigenvalue weighted by molar-refractivity contribution is -0.141. The monoisotopic (exact) mass is 282 g/mol. The van der Waals surface area contributed by atoms with Gasteiger partial charge in [-0.25, -0.2) is 4.79 Å². The number of carbonyl (C=O) groups is 1. The van der Waals surface area contributed by atoms with Gasteiger partial charge in [0.15, 0.2) is 0 Å². The second kappa shape index (κ2) is 7.32. The standard InChI is InChI=1S/C11H17F3N2O3/c1-2-9(16-4-7-18-8-5-16)15-10(17)19-6-3-11(12,13)14/h2-8H2,1H3. The maximum atomic E-state index is 11.9. The molecule has 1 rings (SSSR count). The number of hydrogen-bond donors (Lipinski definition) is 0. The third-order valence-electron chi connectivity index (χ3n) is 2.52. The molecule has 5 nitrogen and oxygen atoms in total. The van der Waals surface area contributed by atoms with Crippen molar-refractivity contribution in [2.75, 3.05) is 32.9 Å². The predicted octanol–water partition coefficient (Wildman–Crippen LogP) is 2.22.